The molecule has 4 rings (SSSR count). The van der Waals surface area contributed by atoms with E-state index in [1.165, 1.54) is 6.07 Å². The van der Waals surface area contributed by atoms with Gasteiger partial charge in [0.15, 0.2) is 11.6 Å². The summed E-state index contributed by atoms with van der Waals surface area (Å²) in [7, 11) is 0. The number of hydrogen-bond donors (Lipinski definition) is 0. The van der Waals surface area contributed by atoms with E-state index in [1.807, 2.05) is 0 Å². The van der Waals surface area contributed by atoms with Crippen molar-refractivity contribution in [1.82, 2.24) is 4.57 Å². The van der Waals surface area contributed by atoms with E-state index in [4.69, 9.17) is 0 Å². The van der Waals surface area contributed by atoms with E-state index in [0.29, 0.717) is 21.5 Å². The smallest absolute Gasteiger partial charge is 0.265 e. The lowest BCUT2D eigenvalue weighted by Crippen LogP contribution is -2.28. The lowest BCUT2D eigenvalue weighted by molar-refractivity contribution is 0.508. The zero-order valence-electron chi connectivity index (χ0n) is 12.9. The maximum absolute atomic E-state index is 13.7. The van der Waals surface area contributed by atoms with Crippen LogP contribution in [0.3, 0.4) is 0 Å². The van der Waals surface area contributed by atoms with E-state index >= 15 is 0 Å². The van der Waals surface area contributed by atoms with Crippen LogP contribution >= 0.6 is 0 Å². The molecule has 0 amide bonds. The molecule has 122 valence electrons. The molecule has 5 heteroatoms. The van der Waals surface area contributed by atoms with Crippen LogP contribution in [0.5, 0.6) is 0 Å². The van der Waals surface area contributed by atoms with E-state index in [9.17, 15) is 18.4 Å². The Morgan fingerprint density at radius 1 is 0.600 bits per heavy atom. The number of benzene rings is 3. The Kier molecular flexibility index (Phi) is 3.42. The van der Waals surface area contributed by atoms with E-state index in [-0.39, 0.29) is 5.69 Å². The van der Waals surface area contributed by atoms with Crippen molar-refractivity contribution in [2.24, 2.45) is 0 Å². The average Bonchev–Trinajstić information content (AvgIpc) is 2.73. The van der Waals surface area contributed by atoms with Gasteiger partial charge in [0.25, 0.3) is 11.1 Å². The van der Waals surface area contributed by atoms with E-state index in [2.05, 4.69) is 0 Å². The molecule has 0 bridgehead atoms. The van der Waals surface area contributed by atoms with Crippen LogP contribution in [0.2, 0.25) is 0 Å². The number of nitrogens with zero attached hydrogens (tertiary/aromatic N) is 1. The van der Waals surface area contributed by atoms with Gasteiger partial charge in [-0.1, -0.05) is 36.4 Å². The third kappa shape index (κ3) is 2.32. The minimum Gasteiger partial charge on any atom is -0.268 e. The van der Waals surface area contributed by atoms with Gasteiger partial charge in [0.05, 0.1) is 5.69 Å². The SMILES string of the molecule is O=c1c2ccccc2c2ccccc2c(=O)n1-c1ccc(F)c(F)c1. The summed E-state index contributed by atoms with van der Waals surface area (Å²) < 4.78 is 27.8. The van der Waals surface area contributed by atoms with Crippen molar-refractivity contribution < 1.29 is 8.78 Å². The monoisotopic (exact) mass is 335 g/mol. The molecule has 0 fully saturated rings. The largest absolute Gasteiger partial charge is 0.268 e. The molecule has 0 radical (unpaired) electrons. The standard InChI is InChI=1S/C20H11F2NO2/c21-17-10-9-12(11-18(17)22)23-19(24)15-7-3-1-5-13(15)14-6-2-4-8-16(14)20(23)25/h1-11H. The Labute approximate surface area is 140 Å². The topological polar surface area (TPSA) is 39.1 Å². The average molecular weight is 335 g/mol. The molecule has 0 saturated heterocycles. The molecule has 3 nitrogen and oxygen atoms in total. The second-order valence-corrected chi connectivity index (χ2v) is 5.64. The summed E-state index contributed by atoms with van der Waals surface area (Å²) in [5, 5.41) is 1.90. The normalized spacial score (nSPS) is 11.1. The molecule has 0 aliphatic heterocycles. The molecule has 0 saturated carbocycles. The minimum atomic E-state index is -1.12. The number of fused-ring (bicyclic) bond motifs is 3. The van der Waals surface area contributed by atoms with Gasteiger partial charge < -0.3 is 0 Å². The van der Waals surface area contributed by atoms with Crippen LogP contribution in [-0.4, -0.2) is 4.57 Å². The first-order chi connectivity index (χ1) is 12.1. The zero-order valence-corrected chi connectivity index (χ0v) is 12.9. The van der Waals surface area contributed by atoms with E-state index in [1.54, 1.807) is 48.5 Å². The molecular formula is C20H11F2NO2. The molecule has 1 aromatic heterocycles. The lowest BCUT2D eigenvalue weighted by atomic mass is 10.1. The van der Waals surface area contributed by atoms with Crippen molar-refractivity contribution in [2.45, 2.75) is 0 Å². The molecule has 25 heavy (non-hydrogen) atoms. The highest BCUT2D eigenvalue weighted by molar-refractivity contribution is 6.05. The van der Waals surface area contributed by atoms with Crippen LogP contribution in [0.15, 0.2) is 76.3 Å². The predicted molar refractivity (Wildman–Crippen MR) is 93.2 cm³/mol. The Balaban J connectivity index is 2.31. The first-order valence-corrected chi connectivity index (χ1v) is 7.60. The number of hydrogen-bond acceptors (Lipinski definition) is 2. The fraction of sp³-hybridized carbons (Fsp3) is 0. The summed E-state index contributed by atoms with van der Waals surface area (Å²) in [5.41, 5.74) is -1.17. The first-order valence-electron chi connectivity index (χ1n) is 7.60. The third-order valence-corrected chi connectivity index (χ3v) is 4.17. The van der Waals surface area contributed by atoms with Crippen molar-refractivity contribution in [3.05, 3.63) is 99.1 Å². The van der Waals surface area contributed by atoms with Gasteiger partial charge in [-0.15, -0.1) is 0 Å². The van der Waals surface area contributed by atoms with Gasteiger partial charge in [-0.05, 0) is 35.0 Å². The van der Waals surface area contributed by atoms with Gasteiger partial charge in [-0.3, -0.25) is 9.59 Å². The molecule has 4 aromatic rings. The molecule has 0 unspecified atom stereocenters. The van der Waals surface area contributed by atoms with Crippen LogP contribution < -0.4 is 11.1 Å². The summed E-state index contributed by atoms with van der Waals surface area (Å²) in [6.07, 6.45) is 0. The fourth-order valence-electron chi connectivity index (χ4n) is 3.00. The van der Waals surface area contributed by atoms with Crippen LogP contribution in [0.25, 0.3) is 27.2 Å². The predicted octanol–water partition coefficient (Wildman–Crippen LogP) is 3.78. The van der Waals surface area contributed by atoms with Gasteiger partial charge in [-0.2, -0.15) is 0 Å². The van der Waals surface area contributed by atoms with Crippen molar-refractivity contribution in [3.8, 4) is 5.69 Å². The number of halogens is 2. The Bertz CT molecular complexity index is 1190. The molecule has 0 aliphatic carbocycles. The van der Waals surface area contributed by atoms with Crippen molar-refractivity contribution >= 4 is 21.5 Å². The van der Waals surface area contributed by atoms with Gasteiger partial charge in [0.2, 0.25) is 0 Å². The summed E-state index contributed by atoms with van der Waals surface area (Å²) in [4.78, 5) is 26.0. The summed E-state index contributed by atoms with van der Waals surface area (Å²) >= 11 is 0. The Hall–Kier alpha value is -3.34. The van der Waals surface area contributed by atoms with Crippen LogP contribution in [0.4, 0.5) is 8.78 Å². The molecule has 3 aromatic carbocycles. The zero-order chi connectivity index (χ0) is 17.6. The fourth-order valence-corrected chi connectivity index (χ4v) is 3.00. The molecule has 1 heterocycles. The molecule has 0 N–H and O–H groups in total. The highest BCUT2D eigenvalue weighted by Gasteiger charge is 2.13. The Morgan fingerprint density at radius 3 is 1.56 bits per heavy atom. The molecule has 0 spiro atoms. The second-order valence-electron chi connectivity index (χ2n) is 5.64. The maximum Gasteiger partial charge on any atom is 0.265 e. The van der Waals surface area contributed by atoms with Crippen LogP contribution in [0.1, 0.15) is 0 Å². The first kappa shape index (κ1) is 15.2. The van der Waals surface area contributed by atoms with Crippen molar-refractivity contribution in [1.29, 1.82) is 0 Å². The van der Waals surface area contributed by atoms with Crippen molar-refractivity contribution in [3.63, 3.8) is 0 Å². The van der Waals surface area contributed by atoms with Crippen LogP contribution in [0, 0.1) is 11.6 Å². The van der Waals surface area contributed by atoms with Crippen molar-refractivity contribution in [2.75, 3.05) is 0 Å². The summed E-state index contributed by atoms with van der Waals surface area (Å²) in [6.45, 7) is 0. The third-order valence-electron chi connectivity index (χ3n) is 4.17. The minimum absolute atomic E-state index is 0.0135. The van der Waals surface area contributed by atoms with E-state index in [0.717, 1.165) is 16.7 Å². The Morgan fingerprint density at radius 2 is 1.08 bits per heavy atom. The van der Waals surface area contributed by atoms with Gasteiger partial charge in [-0.25, -0.2) is 13.3 Å². The molecule has 0 aliphatic rings. The van der Waals surface area contributed by atoms with Gasteiger partial charge in [0, 0.05) is 16.8 Å². The quantitative estimate of drug-likeness (QED) is 0.531. The highest BCUT2D eigenvalue weighted by Crippen LogP contribution is 2.20. The molecule has 0 atom stereocenters. The maximum atomic E-state index is 13.7. The number of aromatic nitrogens is 1. The summed E-state index contributed by atoms with van der Waals surface area (Å²) in [5.74, 6) is -2.16. The van der Waals surface area contributed by atoms with Gasteiger partial charge in [0.1, 0.15) is 0 Å². The lowest BCUT2D eigenvalue weighted by Gasteiger charge is -2.03. The molecular weight excluding hydrogens is 324 g/mol. The van der Waals surface area contributed by atoms with Gasteiger partial charge >= 0.3 is 0 Å². The second kappa shape index (κ2) is 5.63. The highest BCUT2D eigenvalue weighted by atomic mass is 19.2. The van der Waals surface area contributed by atoms with E-state index < -0.39 is 22.8 Å². The number of rotatable bonds is 1. The van der Waals surface area contributed by atoms with Crippen LogP contribution in [-0.2, 0) is 0 Å². The summed E-state index contributed by atoms with van der Waals surface area (Å²) in [6, 6.07) is 16.6.